The minimum Gasteiger partial charge on any atom is -0.491 e. The summed E-state index contributed by atoms with van der Waals surface area (Å²) in [5.74, 6) is 3.49. The van der Waals surface area contributed by atoms with Crippen molar-refractivity contribution in [2.45, 2.75) is 13.5 Å². The van der Waals surface area contributed by atoms with E-state index in [-0.39, 0.29) is 0 Å². The molecular weight excluding hydrogens is 410 g/mol. The first kappa shape index (κ1) is 19.5. The van der Waals surface area contributed by atoms with E-state index in [4.69, 9.17) is 9.72 Å². The topological polar surface area (TPSA) is 66.9 Å². The number of H-pyrrole nitrogens is 1. The molecule has 0 amide bonds. The highest BCUT2D eigenvalue weighted by atomic mass is 16.5. The fraction of sp³-hybridized carbons (Fsp3) is 0.148. The molecular formula is C27H23N5O. The molecule has 0 saturated carbocycles. The molecule has 3 aromatic carbocycles. The largest absolute Gasteiger partial charge is 0.491 e. The van der Waals surface area contributed by atoms with Gasteiger partial charge in [0, 0.05) is 23.9 Å². The molecule has 3 heterocycles. The van der Waals surface area contributed by atoms with Crippen LogP contribution in [-0.2, 0) is 6.54 Å². The summed E-state index contributed by atoms with van der Waals surface area (Å²) in [6.45, 7) is 4.06. The number of aromatic nitrogens is 4. The number of aryl methyl sites for hydroxylation is 1. The van der Waals surface area contributed by atoms with Crippen molar-refractivity contribution in [2.75, 3.05) is 18.1 Å². The second kappa shape index (κ2) is 8.06. The van der Waals surface area contributed by atoms with Crippen molar-refractivity contribution in [2.24, 2.45) is 0 Å². The number of aromatic amines is 1. The van der Waals surface area contributed by atoms with Gasteiger partial charge in [0.1, 0.15) is 24.0 Å². The lowest BCUT2D eigenvalue weighted by Gasteiger charge is -2.21. The number of ether oxygens (including phenoxy) is 1. The van der Waals surface area contributed by atoms with Gasteiger partial charge in [-0.2, -0.15) is 0 Å². The smallest absolute Gasteiger partial charge is 0.161 e. The minimum atomic E-state index is 0.608. The SMILES string of the molecule is Cc1nc2ccc(-c3ccc4c(c3)CN(c3ccnc(-c5ccccc5)n3)CCO4)cc2[nH]1. The van der Waals surface area contributed by atoms with Gasteiger partial charge in [0.15, 0.2) is 5.82 Å². The van der Waals surface area contributed by atoms with E-state index in [1.165, 1.54) is 0 Å². The summed E-state index contributed by atoms with van der Waals surface area (Å²) in [5, 5.41) is 0. The molecule has 6 heteroatoms. The van der Waals surface area contributed by atoms with Crippen LogP contribution in [-0.4, -0.2) is 33.1 Å². The van der Waals surface area contributed by atoms with Crippen LogP contribution >= 0.6 is 0 Å². The van der Waals surface area contributed by atoms with E-state index < -0.39 is 0 Å². The fourth-order valence-electron chi connectivity index (χ4n) is 4.34. The lowest BCUT2D eigenvalue weighted by molar-refractivity contribution is 0.331. The van der Waals surface area contributed by atoms with Gasteiger partial charge in [0.2, 0.25) is 0 Å². The molecule has 0 aliphatic carbocycles. The molecule has 0 fully saturated rings. The van der Waals surface area contributed by atoms with E-state index in [9.17, 15) is 0 Å². The van der Waals surface area contributed by atoms with Crippen LogP contribution in [0.1, 0.15) is 11.4 Å². The Hall–Kier alpha value is -4.19. The maximum atomic E-state index is 6.08. The number of fused-ring (bicyclic) bond motifs is 2. The molecule has 0 spiro atoms. The third-order valence-electron chi connectivity index (χ3n) is 5.97. The molecule has 1 aliphatic heterocycles. The van der Waals surface area contributed by atoms with Crippen molar-refractivity contribution in [1.29, 1.82) is 0 Å². The van der Waals surface area contributed by atoms with Gasteiger partial charge < -0.3 is 14.6 Å². The Balaban J connectivity index is 1.33. The predicted molar refractivity (Wildman–Crippen MR) is 130 cm³/mol. The van der Waals surface area contributed by atoms with Crippen LogP contribution in [0.25, 0.3) is 33.5 Å². The standard InChI is InChI=1S/C27H23N5O/c1-18-29-23-9-7-21(16-24(23)30-18)20-8-10-25-22(15-20)17-32(13-14-33-25)26-11-12-28-27(31-26)19-5-3-2-4-6-19/h2-12,15-16H,13-14,17H2,1H3,(H,29,30). The molecule has 0 unspecified atom stereocenters. The lowest BCUT2D eigenvalue weighted by Crippen LogP contribution is -2.26. The van der Waals surface area contributed by atoms with Gasteiger partial charge >= 0.3 is 0 Å². The first-order valence-corrected chi connectivity index (χ1v) is 11.1. The summed E-state index contributed by atoms with van der Waals surface area (Å²) in [6, 6.07) is 24.8. The first-order valence-electron chi connectivity index (χ1n) is 11.1. The monoisotopic (exact) mass is 433 g/mol. The summed E-state index contributed by atoms with van der Waals surface area (Å²) in [4.78, 5) is 19.4. The van der Waals surface area contributed by atoms with E-state index in [1.54, 1.807) is 0 Å². The number of anilines is 1. The van der Waals surface area contributed by atoms with E-state index >= 15 is 0 Å². The van der Waals surface area contributed by atoms with Crippen LogP contribution in [0.5, 0.6) is 5.75 Å². The van der Waals surface area contributed by atoms with Crippen molar-refractivity contribution in [1.82, 2.24) is 19.9 Å². The quantitative estimate of drug-likeness (QED) is 0.413. The Morgan fingerprint density at radius 2 is 1.73 bits per heavy atom. The molecule has 1 N–H and O–H groups in total. The molecule has 5 aromatic rings. The molecule has 1 aliphatic rings. The summed E-state index contributed by atoms with van der Waals surface area (Å²) in [5.41, 5.74) is 6.49. The van der Waals surface area contributed by atoms with Crippen LogP contribution < -0.4 is 9.64 Å². The molecule has 6 nitrogen and oxygen atoms in total. The zero-order chi connectivity index (χ0) is 22.2. The van der Waals surface area contributed by atoms with Crippen molar-refractivity contribution in [3.05, 3.63) is 90.4 Å². The Bertz CT molecular complexity index is 1440. The summed E-state index contributed by atoms with van der Waals surface area (Å²) >= 11 is 0. The van der Waals surface area contributed by atoms with Crippen LogP contribution in [0.4, 0.5) is 5.82 Å². The molecule has 33 heavy (non-hydrogen) atoms. The van der Waals surface area contributed by atoms with Crippen LogP contribution in [0.2, 0.25) is 0 Å². The van der Waals surface area contributed by atoms with Crippen LogP contribution in [0.15, 0.2) is 79.0 Å². The number of hydrogen-bond acceptors (Lipinski definition) is 5. The second-order valence-electron chi connectivity index (χ2n) is 8.25. The van der Waals surface area contributed by atoms with Crippen molar-refractivity contribution in [3.63, 3.8) is 0 Å². The van der Waals surface area contributed by atoms with Gasteiger partial charge in [-0.15, -0.1) is 0 Å². The van der Waals surface area contributed by atoms with Crippen molar-refractivity contribution < 1.29 is 4.74 Å². The van der Waals surface area contributed by atoms with Gasteiger partial charge in [-0.1, -0.05) is 42.5 Å². The molecule has 0 bridgehead atoms. The van der Waals surface area contributed by atoms with Crippen molar-refractivity contribution in [3.8, 4) is 28.3 Å². The average molecular weight is 434 g/mol. The number of nitrogens with one attached hydrogen (secondary N) is 1. The Kier molecular flexibility index (Phi) is 4.76. The highest BCUT2D eigenvalue weighted by molar-refractivity contribution is 5.82. The second-order valence-corrected chi connectivity index (χ2v) is 8.25. The number of benzene rings is 3. The number of rotatable bonds is 3. The third-order valence-corrected chi connectivity index (χ3v) is 5.97. The molecule has 6 rings (SSSR count). The maximum absolute atomic E-state index is 6.08. The predicted octanol–water partition coefficient (Wildman–Crippen LogP) is 5.39. The summed E-state index contributed by atoms with van der Waals surface area (Å²) < 4.78 is 6.08. The molecule has 0 radical (unpaired) electrons. The van der Waals surface area contributed by atoms with Crippen molar-refractivity contribution >= 4 is 16.9 Å². The van der Waals surface area contributed by atoms with Crippen LogP contribution in [0, 0.1) is 6.92 Å². The zero-order valence-electron chi connectivity index (χ0n) is 18.3. The average Bonchev–Trinajstić information content (AvgIpc) is 3.10. The highest BCUT2D eigenvalue weighted by Crippen LogP contribution is 2.32. The maximum Gasteiger partial charge on any atom is 0.161 e. The van der Waals surface area contributed by atoms with Crippen LogP contribution in [0.3, 0.4) is 0 Å². The Morgan fingerprint density at radius 3 is 2.64 bits per heavy atom. The Morgan fingerprint density at radius 1 is 0.879 bits per heavy atom. The fourth-order valence-corrected chi connectivity index (χ4v) is 4.34. The number of nitrogens with zero attached hydrogens (tertiary/aromatic N) is 4. The zero-order valence-corrected chi connectivity index (χ0v) is 18.3. The van der Waals surface area contributed by atoms with Gasteiger partial charge in [0.05, 0.1) is 17.6 Å². The first-order chi connectivity index (χ1) is 16.2. The molecule has 162 valence electrons. The number of hydrogen-bond donors (Lipinski definition) is 1. The highest BCUT2D eigenvalue weighted by Gasteiger charge is 2.18. The lowest BCUT2D eigenvalue weighted by atomic mass is 10.0. The summed E-state index contributed by atoms with van der Waals surface area (Å²) in [7, 11) is 0. The van der Waals surface area contributed by atoms with E-state index in [1.807, 2.05) is 49.5 Å². The van der Waals surface area contributed by atoms with Gasteiger partial charge in [-0.05, 0) is 48.4 Å². The normalized spacial score (nSPS) is 13.4. The van der Waals surface area contributed by atoms with Gasteiger partial charge in [0.25, 0.3) is 0 Å². The summed E-state index contributed by atoms with van der Waals surface area (Å²) in [6.07, 6.45) is 1.83. The molecule has 0 atom stereocenters. The number of imidazole rings is 1. The van der Waals surface area contributed by atoms with E-state index in [0.29, 0.717) is 6.61 Å². The van der Waals surface area contributed by atoms with Gasteiger partial charge in [-0.3, -0.25) is 0 Å². The molecule has 0 saturated heterocycles. The van der Waals surface area contributed by atoms with E-state index in [2.05, 4.69) is 56.3 Å². The Labute approximate surface area is 191 Å². The van der Waals surface area contributed by atoms with Gasteiger partial charge in [-0.25, -0.2) is 15.0 Å². The van der Waals surface area contributed by atoms with E-state index in [0.717, 1.165) is 69.6 Å². The minimum absolute atomic E-state index is 0.608. The third kappa shape index (κ3) is 3.80. The molecule has 2 aromatic heterocycles.